The van der Waals surface area contributed by atoms with Gasteiger partial charge in [-0.05, 0) is 24.1 Å². The largest absolute Gasteiger partial charge is 0.383 e. The van der Waals surface area contributed by atoms with E-state index in [1.54, 1.807) is 24.2 Å². The van der Waals surface area contributed by atoms with Gasteiger partial charge in [-0.3, -0.25) is 9.48 Å². The lowest BCUT2D eigenvalue weighted by molar-refractivity contribution is -0.115. The fourth-order valence-electron chi connectivity index (χ4n) is 2.70. The maximum atomic E-state index is 12.2. The smallest absolute Gasteiger partial charge is 0.319 e. The normalized spacial score (nSPS) is 13.9. The summed E-state index contributed by atoms with van der Waals surface area (Å²) in [5, 5.41) is 12.6. The fourth-order valence-corrected chi connectivity index (χ4v) is 2.70. The van der Waals surface area contributed by atoms with Gasteiger partial charge in [0.15, 0.2) is 0 Å². The van der Waals surface area contributed by atoms with Gasteiger partial charge in [0.25, 0.3) is 0 Å². The molecule has 1 aromatic heterocycles. The number of carbonyl (C=O) groups is 2. The quantitative estimate of drug-likeness (QED) is 0.746. The topological polar surface area (TPSA) is 97.3 Å². The average Bonchev–Trinajstić information content (AvgIpc) is 3.16. The van der Waals surface area contributed by atoms with Crippen LogP contribution >= 0.6 is 0 Å². The van der Waals surface area contributed by atoms with Gasteiger partial charge in [-0.15, -0.1) is 0 Å². The molecule has 0 saturated heterocycles. The summed E-state index contributed by atoms with van der Waals surface area (Å²) < 4.78 is 6.69. The van der Waals surface area contributed by atoms with Gasteiger partial charge in [0.05, 0.1) is 37.5 Å². The van der Waals surface area contributed by atoms with Crippen LogP contribution in [0.1, 0.15) is 24.1 Å². The van der Waals surface area contributed by atoms with Crippen LogP contribution < -0.4 is 16.0 Å². The molecule has 3 amide bonds. The summed E-state index contributed by atoms with van der Waals surface area (Å²) in [5.41, 5.74) is 3.36. The van der Waals surface area contributed by atoms with Gasteiger partial charge in [-0.2, -0.15) is 5.10 Å². The molecule has 0 radical (unpaired) electrons. The Balaban J connectivity index is 1.56. The number of hydrogen-bond acceptors (Lipinski definition) is 4. The molecule has 0 spiro atoms. The first kappa shape index (κ1) is 17.0. The van der Waals surface area contributed by atoms with E-state index < -0.39 is 0 Å². The highest BCUT2D eigenvalue weighted by Crippen LogP contribution is 2.26. The second-order valence-corrected chi connectivity index (χ2v) is 5.95. The number of nitrogens with one attached hydrogen (secondary N) is 3. The third-order valence-electron chi connectivity index (χ3n) is 4.02. The van der Waals surface area contributed by atoms with E-state index in [4.69, 9.17) is 4.74 Å². The highest BCUT2D eigenvalue weighted by molar-refractivity contribution is 5.99. The Hall–Kier alpha value is -2.87. The summed E-state index contributed by atoms with van der Waals surface area (Å²) in [6, 6.07) is 5.21. The van der Waals surface area contributed by atoms with Gasteiger partial charge in [-0.25, -0.2) is 4.79 Å². The minimum absolute atomic E-state index is 0.00371. The van der Waals surface area contributed by atoms with Crippen LogP contribution in [0.5, 0.6) is 0 Å². The SMILES string of the molecule is COCCn1cc(NC(=O)N[C@H](C)c2ccc3c(c2)CC(=O)N3)cn1. The number of ether oxygens (including phenoxy) is 1. The fraction of sp³-hybridized carbons (Fsp3) is 0.353. The Morgan fingerprint density at radius 3 is 3.12 bits per heavy atom. The Bertz CT molecular complexity index is 786. The summed E-state index contributed by atoms with van der Waals surface area (Å²) in [6.45, 7) is 3.08. The maximum Gasteiger partial charge on any atom is 0.319 e. The Labute approximate surface area is 145 Å². The lowest BCUT2D eigenvalue weighted by Gasteiger charge is -2.15. The molecule has 0 unspecified atom stereocenters. The van der Waals surface area contributed by atoms with Crippen molar-refractivity contribution in [2.24, 2.45) is 0 Å². The maximum absolute atomic E-state index is 12.2. The van der Waals surface area contributed by atoms with Crippen molar-refractivity contribution < 1.29 is 14.3 Å². The van der Waals surface area contributed by atoms with E-state index in [-0.39, 0.29) is 18.0 Å². The molecular weight excluding hydrogens is 322 g/mol. The van der Waals surface area contributed by atoms with E-state index in [1.807, 2.05) is 25.1 Å². The summed E-state index contributed by atoms with van der Waals surface area (Å²) in [4.78, 5) is 23.6. The molecular formula is C17H21N5O3. The Morgan fingerprint density at radius 1 is 1.48 bits per heavy atom. The van der Waals surface area contributed by atoms with Gasteiger partial charge in [0.2, 0.25) is 5.91 Å². The van der Waals surface area contributed by atoms with Crippen LogP contribution in [0.25, 0.3) is 0 Å². The molecule has 3 rings (SSSR count). The Kier molecular flexibility index (Phi) is 4.99. The number of amides is 3. The number of hydrogen-bond donors (Lipinski definition) is 3. The second-order valence-electron chi connectivity index (χ2n) is 5.95. The zero-order valence-corrected chi connectivity index (χ0v) is 14.2. The van der Waals surface area contributed by atoms with E-state index in [0.717, 1.165) is 16.8 Å². The number of fused-ring (bicyclic) bond motifs is 1. The molecule has 1 aliphatic heterocycles. The lowest BCUT2D eigenvalue weighted by atomic mass is 10.0. The monoisotopic (exact) mass is 343 g/mol. The zero-order chi connectivity index (χ0) is 17.8. The van der Waals surface area contributed by atoms with Crippen molar-refractivity contribution in [2.45, 2.75) is 25.9 Å². The number of rotatable bonds is 6. The molecule has 0 bridgehead atoms. The van der Waals surface area contributed by atoms with E-state index in [9.17, 15) is 9.59 Å². The lowest BCUT2D eigenvalue weighted by Crippen LogP contribution is -2.31. The highest BCUT2D eigenvalue weighted by Gasteiger charge is 2.19. The van der Waals surface area contributed by atoms with Crippen molar-refractivity contribution >= 4 is 23.3 Å². The number of benzene rings is 1. The van der Waals surface area contributed by atoms with Crippen LogP contribution in [0.4, 0.5) is 16.2 Å². The van der Waals surface area contributed by atoms with Crippen LogP contribution in [-0.2, 0) is 22.5 Å². The van der Waals surface area contributed by atoms with E-state index in [2.05, 4.69) is 21.0 Å². The summed E-state index contributed by atoms with van der Waals surface area (Å²) >= 11 is 0. The standard InChI is InChI=1S/C17H21N5O3/c1-11(12-3-4-15-13(7-12)8-16(23)21-15)19-17(24)20-14-9-18-22(10-14)5-6-25-2/h3-4,7,9-11H,5-6,8H2,1-2H3,(H,21,23)(H2,19,20,24)/t11-/m1/s1. The molecule has 0 aliphatic carbocycles. The van der Waals surface area contributed by atoms with Crippen molar-refractivity contribution in [3.05, 3.63) is 41.7 Å². The van der Waals surface area contributed by atoms with E-state index >= 15 is 0 Å². The van der Waals surface area contributed by atoms with Crippen LogP contribution in [0.2, 0.25) is 0 Å². The molecule has 2 aromatic rings. The van der Waals surface area contributed by atoms with Crippen molar-refractivity contribution in [1.82, 2.24) is 15.1 Å². The van der Waals surface area contributed by atoms with E-state index in [1.165, 1.54) is 0 Å². The molecule has 8 nitrogen and oxygen atoms in total. The van der Waals surface area contributed by atoms with Gasteiger partial charge in [0.1, 0.15) is 0 Å². The second kappa shape index (κ2) is 7.35. The summed E-state index contributed by atoms with van der Waals surface area (Å²) in [5.74, 6) is -0.00371. The first-order valence-electron chi connectivity index (χ1n) is 8.06. The molecule has 1 aliphatic rings. The third kappa shape index (κ3) is 4.16. The van der Waals surface area contributed by atoms with Crippen molar-refractivity contribution in [3.63, 3.8) is 0 Å². The highest BCUT2D eigenvalue weighted by atomic mass is 16.5. The molecule has 25 heavy (non-hydrogen) atoms. The van der Waals surface area contributed by atoms with Crippen LogP contribution in [0, 0.1) is 0 Å². The number of methoxy groups -OCH3 is 1. The van der Waals surface area contributed by atoms with Crippen LogP contribution in [0.15, 0.2) is 30.6 Å². The first-order valence-corrected chi connectivity index (χ1v) is 8.06. The Morgan fingerprint density at radius 2 is 2.32 bits per heavy atom. The molecule has 0 saturated carbocycles. The van der Waals surface area contributed by atoms with Crippen LogP contribution in [-0.4, -0.2) is 35.4 Å². The van der Waals surface area contributed by atoms with Crippen molar-refractivity contribution in [1.29, 1.82) is 0 Å². The minimum atomic E-state index is -0.312. The van der Waals surface area contributed by atoms with Crippen molar-refractivity contribution in [3.8, 4) is 0 Å². The average molecular weight is 343 g/mol. The summed E-state index contributed by atoms with van der Waals surface area (Å²) in [6.07, 6.45) is 3.71. The van der Waals surface area contributed by atoms with Gasteiger partial charge < -0.3 is 20.7 Å². The third-order valence-corrected chi connectivity index (χ3v) is 4.02. The van der Waals surface area contributed by atoms with Gasteiger partial charge >= 0.3 is 6.03 Å². The predicted octanol–water partition coefficient (Wildman–Crippen LogP) is 1.91. The molecule has 1 aromatic carbocycles. The number of urea groups is 1. The molecule has 132 valence electrons. The number of nitrogens with zero attached hydrogens (tertiary/aromatic N) is 2. The van der Waals surface area contributed by atoms with Crippen molar-refractivity contribution in [2.75, 3.05) is 24.4 Å². The van der Waals surface area contributed by atoms with E-state index in [0.29, 0.717) is 25.3 Å². The molecule has 1 atom stereocenters. The molecule has 0 fully saturated rings. The first-order chi connectivity index (χ1) is 12.0. The number of carbonyl (C=O) groups excluding carboxylic acids is 2. The predicted molar refractivity (Wildman–Crippen MR) is 93.4 cm³/mol. The molecule has 8 heteroatoms. The van der Waals surface area contributed by atoms with Gasteiger partial charge in [-0.1, -0.05) is 12.1 Å². The zero-order valence-electron chi connectivity index (χ0n) is 14.2. The number of aromatic nitrogens is 2. The summed E-state index contributed by atoms with van der Waals surface area (Å²) in [7, 11) is 1.63. The van der Waals surface area contributed by atoms with Crippen LogP contribution in [0.3, 0.4) is 0 Å². The molecule has 3 N–H and O–H groups in total. The molecule has 2 heterocycles. The van der Waals surface area contributed by atoms with Gasteiger partial charge in [0, 0.05) is 19.0 Å². The number of anilines is 2. The minimum Gasteiger partial charge on any atom is -0.383 e.